The van der Waals surface area contributed by atoms with Crippen LogP contribution in [0.1, 0.15) is 26.7 Å². The first-order chi connectivity index (χ1) is 8.67. The highest BCUT2D eigenvalue weighted by molar-refractivity contribution is 9.10. The molecule has 2 unspecified atom stereocenters. The summed E-state index contributed by atoms with van der Waals surface area (Å²) in [5, 5.41) is 3.53. The van der Waals surface area contributed by atoms with Gasteiger partial charge in [0.1, 0.15) is 5.82 Å². The molecule has 1 heterocycles. The van der Waals surface area contributed by atoms with E-state index in [-0.39, 0.29) is 5.82 Å². The van der Waals surface area contributed by atoms with E-state index in [2.05, 4.69) is 40.0 Å². The molecule has 4 heteroatoms. The number of rotatable bonds is 3. The topological polar surface area (TPSA) is 15.3 Å². The summed E-state index contributed by atoms with van der Waals surface area (Å²) in [6, 6.07) is 5.99. The summed E-state index contributed by atoms with van der Waals surface area (Å²) in [4.78, 5) is 2.21. The fourth-order valence-electron chi connectivity index (χ4n) is 2.54. The van der Waals surface area contributed by atoms with E-state index in [1.807, 2.05) is 6.07 Å². The Morgan fingerprint density at radius 1 is 1.39 bits per heavy atom. The van der Waals surface area contributed by atoms with E-state index in [1.54, 1.807) is 6.07 Å². The summed E-state index contributed by atoms with van der Waals surface area (Å²) < 4.78 is 14.9. The van der Waals surface area contributed by atoms with Gasteiger partial charge < -0.3 is 10.2 Å². The first-order valence-corrected chi connectivity index (χ1v) is 7.40. The van der Waals surface area contributed by atoms with Gasteiger partial charge in [0.05, 0.1) is 5.69 Å². The van der Waals surface area contributed by atoms with Crippen LogP contribution in [0.25, 0.3) is 0 Å². The Labute approximate surface area is 117 Å². The van der Waals surface area contributed by atoms with E-state index in [0.29, 0.717) is 17.8 Å². The molecule has 0 spiro atoms. The monoisotopic (exact) mass is 314 g/mol. The molecule has 0 radical (unpaired) electrons. The third-order valence-electron chi connectivity index (χ3n) is 3.69. The Morgan fingerprint density at radius 3 is 2.78 bits per heavy atom. The third-order valence-corrected chi connectivity index (χ3v) is 4.33. The van der Waals surface area contributed by atoms with E-state index >= 15 is 0 Å². The minimum Gasteiger partial charge on any atom is -0.362 e. The number of halogens is 2. The number of hydrogen-bond donors (Lipinski definition) is 1. The van der Waals surface area contributed by atoms with Crippen LogP contribution in [0.3, 0.4) is 0 Å². The van der Waals surface area contributed by atoms with Crippen molar-refractivity contribution in [2.24, 2.45) is 0 Å². The standard InChI is InChI=1S/C14H20BrFN2/c1-3-10-9-18(11(4-2)8-17-10)14-12(15)6-5-7-13(14)16/h5-7,10-11,17H,3-4,8-9H2,1-2H3. The van der Waals surface area contributed by atoms with Gasteiger partial charge in [-0.05, 0) is 40.9 Å². The van der Waals surface area contributed by atoms with Gasteiger partial charge in [0.15, 0.2) is 0 Å². The van der Waals surface area contributed by atoms with Gasteiger partial charge in [-0.2, -0.15) is 0 Å². The zero-order chi connectivity index (χ0) is 13.1. The van der Waals surface area contributed by atoms with Gasteiger partial charge in [-0.25, -0.2) is 4.39 Å². The summed E-state index contributed by atoms with van der Waals surface area (Å²) in [6.45, 7) is 6.11. The molecule has 2 nitrogen and oxygen atoms in total. The van der Waals surface area contributed by atoms with Gasteiger partial charge >= 0.3 is 0 Å². The Hall–Kier alpha value is -0.610. The summed E-state index contributed by atoms with van der Waals surface area (Å²) in [6.07, 6.45) is 2.09. The molecule has 2 atom stereocenters. The maximum Gasteiger partial charge on any atom is 0.147 e. The lowest BCUT2D eigenvalue weighted by atomic mass is 10.0. The quantitative estimate of drug-likeness (QED) is 0.917. The summed E-state index contributed by atoms with van der Waals surface area (Å²) in [5.74, 6) is -0.139. The molecule has 0 amide bonds. The number of nitrogens with one attached hydrogen (secondary N) is 1. The van der Waals surface area contributed by atoms with Crippen molar-refractivity contribution >= 4 is 21.6 Å². The number of benzene rings is 1. The Kier molecular flexibility index (Phi) is 4.62. The predicted octanol–water partition coefficient (Wildman–Crippen LogP) is 3.56. The van der Waals surface area contributed by atoms with Crippen LogP contribution < -0.4 is 10.2 Å². The average molecular weight is 315 g/mol. The molecule has 1 aliphatic heterocycles. The van der Waals surface area contributed by atoms with Gasteiger partial charge in [0.2, 0.25) is 0 Å². The van der Waals surface area contributed by atoms with Crippen LogP contribution in [-0.4, -0.2) is 25.2 Å². The van der Waals surface area contributed by atoms with E-state index < -0.39 is 0 Å². The SMILES string of the molecule is CCC1CN(c2c(F)cccc2Br)C(CC)CN1. The van der Waals surface area contributed by atoms with Crippen molar-refractivity contribution in [2.45, 2.75) is 38.8 Å². The molecule has 18 heavy (non-hydrogen) atoms. The third kappa shape index (κ3) is 2.69. The largest absolute Gasteiger partial charge is 0.362 e. The molecule has 1 saturated heterocycles. The number of nitrogens with zero attached hydrogens (tertiary/aromatic N) is 1. The summed E-state index contributed by atoms with van der Waals surface area (Å²) in [7, 11) is 0. The first kappa shape index (κ1) is 13.8. The van der Waals surface area contributed by atoms with Crippen LogP contribution in [0.5, 0.6) is 0 Å². The molecular weight excluding hydrogens is 295 g/mol. The van der Waals surface area contributed by atoms with Crippen LogP contribution in [0.4, 0.5) is 10.1 Å². The van der Waals surface area contributed by atoms with Crippen LogP contribution in [-0.2, 0) is 0 Å². The van der Waals surface area contributed by atoms with Crippen molar-refractivity contribution in [3.05, 3.63) is 28.5 Å². The fraction of sp³-hybridized carbons (Fsp3) is 0.571. The second-order valence-corrected chi connectivity index (χ2v) is 5.65. The summed E-state index contributed by atoms with van der Waals surface area (Å²) in [5.41, 5.74) is 0.712. The molecular formula is C14H20BrFN2. The van der Waals surface area contributed by atoms with Crippen molar-refractivity contribution in [1.29, 1.82) is 0 Å². The molecule has 1 aliphatic rings. The van der Waals surface area contributed by atoms with Gasteiger partial charge in [0.25, 0.3) is 0 Å². The highest BCUT2D eigenvalue weighted by Crippen LogP contribution is 2.32. The smallest absolute Gasteiger partial charge is 0.147 e. The van der Waals surface area contributed by atoms with Crippen molar-refractivity contribution in [3.8, 4) is 0 Å². The van der Waals surface area contributed by atoms with E-state index in [4.69, 9.17) is 0 Å². The first-order valence-electron chi connectivity index (χ1n) is 6.61. The van der Waals surface area contributed by atoms with Crippen LogP contribution in [0.2, 0.25) is 0 Å². The molecule has 1 fully saturated rings. The lowest BCUT2D eigenvalue weighted by Gasteiger charge is -2.42. The van der Waals surface area contributed by atoms with Gasteiger partial charge in [0, 0.05) is 29.6 Å². The number of para-hydroxylation sites is 1. The van der Waals surface area contributed by atoms with E-state index in [9.17, 15) is 4.39 Å². The maximum absolute atomic E-state index is 14.1. The fourth-order valence-corrected chi connectivity index (χ4v) is 3.11. The zero-order valence-electron chi connectivity index (χ0n) is 10.9. The summed E-state index contributed by atoms with van der Waals surface area (Å²) >= 11 is 3.48. The Bertz CT molecular complexity index is 391. The van der Waals surface area contributed by atoms with Crippen LogP contribution >= 0.6 is 15.9 Å². The van der Waals surface area contributed by atoms with Gasteiger partial charge in [-0.1, -0.05) is 19.9 Å². The minimum atomic E-state index is -0.139. The highest BCUT2D eigenvalue weighted by Gasteiger charge is 2.28. The van der Waals surface area contributed by atoms with E-state index in [0.717, 1.165) is 30.4 Å². The molecule has 2 rings (SSSR count). The molecule has 1 aromatic carbocycles. The Morgan fingerprint density at radius 2 is 2.17 bits per heavy atom. The van der Waals surface area contributed by atoms with Crippen LogP contribution in [0, 0.1) is 5.82 Å². The molecule has 1 N–H and O–H groups in total. The second kappa shape index (κ2) is 6.02. The van der Waals surface area contributed by atoms with Crippen molar-refractivity contribution < 1.29 is 4.39 Å². The number of anilines is 1. The van der Waals surface area contributed by atoms with Crippen molar-refractivity contribution in [1.82, 2.24) is 5.32 Å². The molecule has 0 aliphatic carbocycles. The second-order valence-electron chi connectivity index (χ2n) is 4.80. The molecule has 1 aromatic rings. The molecule has 100 valence electrons. The maximum atomic E-state index is 14.1. The Balaban J connectivity index is 2.32. The van der Waals surface area contributed by atoms with Gasteiger partial charge in [-0.3, -0.25) is 0 Å². The molecule has 0 saturated carbocycles. The zero-order valence-corrected chi connectivity index (χ0v) is 12.5. The van der Waals surface area contributed by atoms with Crippen molar-refractivity contribution in [3.63, 3.8) is 0 Å². The lowest BCUT2D eigenvalue weighted by Crippen LogP contribution is -2.56. The van der Waals surface area contributed by atoms with E-state index in [1.165, 1.54) is 6.07 Å². The molecule has 0 bridgehead atoms. The lowest BCUT2D eigenvalue weighted by molar-refractivity contribution is 0.375. The number of hydrogen-bond acceptors (Lipinski definition) is 2. The average Bonchev–Trinajstić information content (AvgIpc) is 2.38. The number of piperazine rings is 1. The highest BCUT2D eigenvalue weighted by atomic mass is 79.9. The van der Waals surface area contributed by atoms with Gasteiger partial charge in [-0.15, -0.1) is 0 Å². The van der Waals surface area contributed by atoms with Crippen LogP contribution in [0.15, 0.2) is 22.7 Å². The minimum absolute atomic E-state index is 0.139. The predicted molar refractivity (Wildman–Crippen MR) is 77.6 cm³/mol. The molecule has 0 aromatic heterocycles. The van der Waals surface area contributed by atoms with Crippen molar-refractivity contribution in [2.75, 3.05) is 18.0 Å². The normalized spacial score (nSPS) is 24.3.